The van der Waals surface area contributed by atoms with Gasteiger partial charge in [-0.2, -0.15) is 0 Å². The van der Waals surface area contributed by atoms with Crippen LogP contribution in [0.1, 0.15) is 60.3 Å². The molecule has 2 aliphatic rings. The van der Waals surface area contributed by atoms with Crippen LogP contribution in [0.5, 0.6) is 0 Å². The fraction of sp³-hybridized carbons (Fsp3) is 0.367. The van der Waals surface area contributed by atoms with E-state index < -0.39 is 11.6 Å². The van der Waals surface area contributed by atoms with E-state index >= 15 is 0 Å². The largest absolute Gasteiger partial charge is 0.465 e. The highest BCUT2D eigenvalue weighted by molar-refractivity contribution is 6.14. The minimum Gasteiger partial charge on any atom is -0.465 e. The number of carbonyl (C=O) groups excluding carboxylic acids is 1. The summed E-state index contributed by atoms with van der Waals surface area (Å²) in [6, 6.07) is 18.4. The third-order valence-corrected chi connectivity index (χ3v) is 7.39. The summed E-state index contributed by atoms with van der Waals surface area (Å²) in [7, 11) is 0. The smallest absolute Gasteiger partial charge is 0.405 e. The second-order valence-corrected chi connectivity index (χ2v) is 10.6. The van der Waals surface area contributed by atoms with Crippen molar-refractivity contribution in [2.45, 2.75) is 58.0 Å². The first-order valence-corrected chi connectivity index (χ1v) is 12.7. The van der Waals surface area contributed by atoms with Gasteiger partial charge >= 0.3 is 6.09 Å². The molecule has 0 bridgehead atoms. The molecular formula is C30H33N3O3. The maximum Gasteiger partial charge on any atom is 0.405 e. The van der Waals surface area contributed by atoms with Gasteiger partial charge in [0.1, 0.15) is 0 Å². The van der Waals surface area contributed by atoms with Gasteiger partial charge in [-0.15, -0.1) is 0 Å². The molecule has 2 N–H and O–H groups in total. The number of nitrogens with zero attached hydrogens (tertiary/aromatic N) is 2. The van der Waals surface area contributed by atoms with Gasteiger partial charge in [0.05, 0.1) is 11.2 Å². The number of hydrogen-bond acceptors (Lipinski definition) is 4. The Balaban J connectivity index is 1.46. The van der Waals surface area contributed by atoms with E-state index in [0.29, 0.717) is 12.0 Å². The van der Waals surface area contributed by atoms with E-state index in [1.807, 2.05) is 44.2 Å². The van der Waals surface area contributed by atoms with E-state index in [1.54, 1.807) is 0 Å². The Morgan fingerprint density at radius 3 is 2.42 bits per heavy atom. The second-order valence-electron chi connectivity index (χ2n) is 10.6. The third kappa shape index (κ3) is 5.05. The number of pyridine rings is 1. The lowest BCUT2D eigenvalue weighted by Gasteiger charge is -2.32. The number of amides is 1. The molecule has 0 atom stereocenters. The van der Waals surface area contributed by atoms with Crippen LogP contribution in [0.25, 0.3) is 10.9 Å². The van der Waals surface area contributed by atoms with Gasteiger partial charge in [0.2, 0.25) is 0 Å². The zero-order chi connectivity index (χ0) is 25.3. The molecule has 1 amide bonds. The minimum absolute atomic E-state index is 0.0853. The molecule has 0 saturated carbocycles. The van der Waals surface area contributed by atoms with Crippen LogP contribution in [0.15, 0.2) is 65.7 Å². The van der Waals surface area contributed by atoms with Crippen LogP contribution >= 0.6 is 0 Å². The van der Waals surface area contributed by atoms with Crippen LogP contribution in [0.4, 0.5) is 4.79 Å². The maximum absolute atomic E-state index is 14.0. The first-order chi connectivity index (χ1) is 17.3. The van der Waals surface area contributed by atoms with Crippen molar-refractivity contribution in [3.05, 3.63) is 88.1 Å². The number of benzene rings is 2. The number of nitrogens with one attached hydrogen (secondary N) is 1. The molecule has 1 saturated heterocycles. The Morgan fingerprint density at radius 2 is 1.69 bits per heavy atom. The van der Waals surface area contributed by atoms with Crippen molar-refractivity contribution in [3.8, 4) is 0 Å². The Kier molecular flexibility index (Phi) is 6.63. The van der Waals surface area contributed by atoms with Gasteiger partial charge in [0.25, 0.3) is 0 Å². The third-order valence-electron chi connectivity index (χ3n) is 7.39. The number of allylic oxidation sites excluding steroid dienone is 1. The van der Waals surface area contributed by atoms with Crippen molar-refractivity contribution in [1.29, 1.82) is 0 Å². The molecule has 1 aromatic heterocycles. The number of fused-ring (bicyclic) bond motifs is 2. The average molecular weight is 484 g/mol. The highest BCUT2D eigenvalue weighted by atomic mass is 16.4. The molecule has 5 rings (SSSR count). The quantitative estimate of drug-likeness (QED) is 0.465. The van der Waals surface area contributed by atoms with E-state index in [0.717, 1.165) is 73.1 Å². The number of aryl methyl sites for hydroxylation is 1. The molecule has 36 heavy (non-hydrogen) atoms. The molecule has 0 spiro atoms. The Bertz CT molecular complexity index is 1330. The average Bonchev–Trinajstić information content (AvgIpc) is 2.84. The summed E-state index contributed by atoms with van der Waals surface area (Å²) < 4.78 is 0. The highest BCUT2D eigenvalue weighted by Crippen LogP contribution is 2.36. The normalized spacial score (nSPS) is 16.8. The SMILES string of the molecule is CC(C)(Cc1c2c(nc3ccccc13)CCC(=C1CCN(Cc3ccccc3)CC1)C2=O)NC(=O)O. The van der Waals surface area contributed by atoms with Gasteiger partial charge in [-0.25, -0.2) is 4.79 Å². The number of para-hydroxylation sites is 1. The van der Waals surface area contributed by atoms with Crippen LogP contribution in [-0.2, 0) is 19.4 Å². The summed E-state index contributed by atoms with van der Waals surface area (Å²) in [5.41, 5.74) is 6.10. The number of Topliss-reactive ketones (excluding diaryl/α,β-unsaturated/α-hetero) is 1. The Hall–Kier alpha value is -3.51. The van der Waals surface area contributed by atoms with Crippen molar-refractivity contribution >= 4 is 22.8 Å². The Labute approximate surface area is 212 Å². The van der Waals surface area contributed by atoms with E-state index in [-0.39, 0.29) is 5.78 Å². The molecule has 2 aromatic carbocycles. The van der Waals surface area contributed by atoms with Gasteiger partial charge in [0, 0.05) is 36.1 Å². The molecule has 1 aliphatic carbocycles. The fourth-order valence-electron chi connectivity index (χ4n) is 5.71. The number of rotatable bonds is 5. The summed E-state index contributed by atoms with van der Waals surface area (Å²) in [4.78, 5) is 32.8. The van der Waals surface area contributed by atoms with Crippen LogP contribution < -0.4 is 5.32 Å². The van der Waals surface area contributed by atoms with Gasteiger partial charge in [-0.3, -0.25) is 14.7 Å². The lowest BCUT2D eigenvalue weighted by molar-refractivity contribution is 0.102. The lowest BCUT2D eigenvalue weighted by Crippen LogP contribution is -2.44. The molecule has 1 fully saturated rings. The van der Waals surface area contributed by atoms with Crippen molar-refractivity contribution in [3.63, 3.8) is 0 Å². The number of aromatic nitrogens is 1. The number of likely N-dealkylation sites (tertiary alicyclic amines) is 1. The zero-order valence-corrected chi connectivity index (χ0v) is 21.0. The van der Waals surface area contributed by atoms with Crippen molar-refractivity contribution in [1.82, 2.24) is 15.2 Å². The van der Waals surface area contributed by atoms with Gasteiger partial charge < -0.3 is 10.4 Å². The highest BCUT2D eigenvalue weighted by Gasteiger charge is 2.33. The number of piperidine rings is 1. The summed E-state index contributed by atoms with van der Waals surface area (Å²) in [5.74, 6) is 0.0853. The van der Waals surface area contributed by atoms with Crippen LogP contribution in [0.3, 0.4) is 0 Å². The number of carbonyl (C=O) groups is 2. The number of hydrogen-bond donors (Lipinski definition) is 2. The molecule has 2 heterocycles. The zero-order valence-electron chi connectivity index (χ0n) is 21.0. The van der Waals surface area contributed by atoms with E-state index in [2.05, 4.69) is 34.5 Å². The molecule has 6 nitrogen and oxygen atoms in total. The van der Waals surface area contributed by atoms with Crippen LogP contribution in [0, 0.1) is 0 Å². The van der Waals surface area contributed by atoms with Crippen molar-refractivity contribution in [2.24, 2.45) is 0 Å². The molecule has 3 aromatic rings. The molecule has 1 aliphatic heterocycles. The monoisotopic (exact) mass is 483 g/mol. The predicted molar refractivity (Wildman–Crippen MR) is 141 cm³/mol. The first kappa shape index (κ1) is 24.2. The number of carboxylic acid groups (broad SMARTS) is 1. The molecular weight excluding hydrogens is 450 g/mol. The minimum atomic E-state index is -1.07. The van der Waals surface area contributed by atoms with Gasteiger partial charge in [-0.05, 0) is 68.7 Å². The fourth-order valence-corrected chi connectivity index (χ4v) is 5.71. The molecule has 0 radical (unpaired) electrons. The summed E-state index contributed by atoms with van der Waals surface area (Å²) in [6.45, 7) is 6.56. The van der Waals surface area contributed by atoms with Crippen molar-refractivity contribution in [2.75, 3.05) is 13.1 Å². The van der Waals surface area contributed by atoms with Gasteiger partial charge in [0.15, 0.2) is 5.78 Å². The number of ketones is 1. The predicted octanol–water partition coefficient (Wildman–Crippen LogP) is 5.55. The van der Waals surface area contributed by atoms with Crippen LogP contribution in [0.2, 0.25) is 0 Å². The topological polar surface area (TPSA) is 82.5 Å². The summed E-state index contributed by atoms with van der Waals surface area (Å²) in [5, 5.41) is 12.9. The summed E-state index contributed by atoms with van der Waals surface area (Å²) in [6.07, 6.45) is 2.63. The lowest BCUT2D eigenvalue weighted by atomic mass is 9.79. The van der Waals surface area contributed by atoms with Gasteiger partial charge in [-0.1, -0.05) is 54.1 Å². The summed E-state index contributed by atoms with van der Waals surface area (Å²) >= 11 is 0. The molecule has 0 unspecified atom stereocenters. The maximum atomic E-state index is 14.0. The molecule has 186 valence electrons. The standard InChI is InChI=1S/C30H33N3O3/c1-30(2,32-29(35)36)18-24-23-10-6-7-11-25(23)31-26-13-12-22(28(34)27(24)26)21-14-16-33(17-15-21)19-20-8-4-3-5-9-20/h3-11,32H,12-19H2,1-2H3,(H,35,36). The Morgan fingerprint density at radius 1 is 1.00 bits per heavy atom. The van der Waals surface area contributed by atoms with E-state index in [4.69, 9.17) is 4.98 Å². The van der Waals surface area contributed by atoms with Crippen LogP contribution in [-0.4, -0.2) is 45.5 Å². The van der Waals surface area contributed by atoms with E-state index in [9.17, 15) is 14.7 Å². The van der Waals surface area contributed by atoms with E-state index in [1.165, 1.54) is 11.1 Å². The first-order valence-electron chi connectivity index (χ1n) is 12.7. The van der Waals surface area contributed by atoms with Crippen molar-refractivity contribution < 1.29 is 14.7 Å². The molecule has 6 heteroatoms. The second kappa shape index (κ2) is 9.86.